The average Bonchev–Trinajstić information content (AvgIpc) is 3.00. The van der Waals surface area contributed by atoms with Gasteiger partial charge in [0.25, 0.3) is 0 Å². The molecule has 2 fully saturated rings. The van der Waals surface area contributed by atoms with Crippen LogP contribution in [0.15, 0.2) is 24.3 Å². The SMILES string of the molecule is CC1NC(c2ccc(F)cc2)N(C2CCCC2)C1=O. The molecule has 1 aromatic rings. The van der Waals surface area contributed by atoms with Gasteiger partial charge in [-0.05, 0) is 37.5 Å². The highest BCUT2D eigenvalue weighted by molar-refractivity contribution is 5.84. The molecule has 1 heterocycles. The summed E-state index contributed by atoms with van der Waals surface area (Å²) in [7, 11) is 0. The van der Waals surface area contributed by atoms with Crippen LogP contribution in [0.3, 0.4) is 0 Å². The zero-order valence-electron chi connectivity index (χ0n) is 11.1. The Morgan fingerprint density at radius 3 is 2.47 bits per heavy atom. The standard InChI is InChI=1S/C15H19FN2O/c1-10-15(19)18(13-4-2-3-5-13)14(17-10)11-6-8-12(16)9-7-11/h6-10,13-14,17H,2-5H2,1H3. The molecule has 1 saturated carbocycles. The van der Waals surface area contributed by atoms with Crippen LogP contribution >= 0.6 is 0 Å². The quantitative estimate of drug-likeness (QED) is 0.888. The number of carbonyl (C=O) groups excluding carboxylic acids is 1. The van der Waals surface area contributed by atoms with Crippen LogP contribution in [0.2, 0.25) is 0 Å². The van der Waals surface area contributed by atoms with E-state index in [2.05, 4.69) is 5.32 Å². The number of benzene rings is 1. The van der Waals surface area contributed by atoms with Gasteiger partial charge >= 0.3 is 0 Å². The Morgan fingerprint density at radius 1 is 1.21 bits per heavy atom. The molecule has 0 spiro atoms. The van der Waals surface area contributed by atoms with Crippen LogP contribution < -0.4 is 5.32 Å². The number of hydrogen-bond donors (Lipinski definition) is 1. The molecule has 2 atom stereocenters. The summed E-state index contributed by atoms with van der Waals surface area (Å²) in [5.41, 5.74) is 0.964. The molecule has 0 aromatic heterocycles. The molecule has 2 aliphatic rings. The molecule has 102 valence electrons. The Bertz CT molecular complexity index is 468. The van der Waals surface area contributed by atoms with Crippen molar-refractivity contribution in [2.24, 2.45) is 0 Å². The lowest BCUT2D eigenvalue weighted by atomic mass is 10.1. The maximum Gasteiger partial charge on any atom is 0.241 e. The summed E-state index contributed by atoms with van der Waals surface area (Å²) >= 11 is 0. The smallest absolute Gasteiger partial charge is 0.241 e. The molecule has 3 rings (SSSR count). The third-order valence-corrected chi connectivity index (χ3v) is 4.21. The topological polar surface area (TPSA) is 32.3 Å². The van der Waals surface area contributed by atoms with Crippen LogP contribution in [0.5, 0.6) is 0 Å². The van der Waals surface area contributed by atoms with Crippen molar-refractivity contribution in [1.29, 1.82) is 0 Å². The first-order chi connectivity index (χ1) is 9.16. The van der Waals surface area contributed by atoms with Crippen LogP contribution in [0, 0.1) is 5.82 Å². The highest BCUT2D eigenvalue weighted by atomic mass is 19.1. The Kier molecular flexibility index (Phi) is 3.27. The van der Waals surface area contributed by atoms with Gasteiger partial charge in [-0.1, -0.05) is 25.0 Å². The minimum Gasteiger partial charge on any atom is -0.319 e. The van der Waals surface area contributed by atoms with Crippen molar-refractivity contribution in [3.05, 3.63) is 35.6 Å². The van der Waals surface area contributed by atoms with Crippen LogP contribution in [0.4, 0.5) is 4.39 Å². The van der Waals surface area contributed by atoms with Gasteiger partial charge in [-0.15, -0.1) is 0 Å². The lowest BCUT2D eigenvalue weighted by Gasteiger charge is -2.30. The first-order valence-electron chi connectivity index (χ1n) is 7.00. The maximum absolute atomic E-state index is 13.0. The minimum atomic E-state index is -0.242. The Morgan fingerprint density at radius 2 is 1.84 bits per heavy atom. The van der Waals surface area contributed by atoms with Gasteiger partial charge in [-0.3, -0.25) is 10.1 Å². The molecule has 1 saturated heterocycles. The Hall–Kier alpha value is -1.42. The molecule has 1 aromatic carbocycles. The van der Waals surface area contributed by atoms with Crippen LogP contribution in [0.1, 0.15) is 44.3 Å². The van der Waals surface area contributed by atoms with E-state index in [1.54, 1.807) is 12.1 Å². The normalized spacial score (nSPS) is 28.3. The molecule has 0 radical (unpaired) electrons. The fourth-order valence-corrected chi connectivity index (χ4v) is 3.21. The van der Waals surface area contributed by atoms with Gasteiger partial charge in [0, 0.05) is 6.04 Å². The van der Waals surface area contributed by atoms with Crippen molar-refractivity contribution in [2.75, 3.05) is 0 Å². The van der Waals surface area contributed by atoms with Crippen molar-refractivity contribution in [2.45, 2.75) is 50.9 Å². The molecule has 1 aliphatic heterocycles. The summed E-state index contributed by atoms with van der Waals surface area (Å²) in [5.74, 6) is -0.0743. The Balaban J connectivity index is 1.89. The summed E-state index contributed by atoms with van der Waals surface area (Å²) in [4.78, 5) is 14.3. The van der Waals surface area contributed by atoms with Gasteiger partial charge < -0.3 is 4.90 Å². The summed E-state index contributed by atoms with van der Waals surface area (Å²) < 4.78 is 13.0. The van der Waals surface area contributed by atoms with E-state index in [1.807, 2.05) is 11.8 Å². The molecule has 1 amide bonds. The molecule has 0 bridgehead atoms. The number of nitrogens with zero attached hydrogens (tertiary/aromatic N) is 1. The summed E-state index contributed by atoms with van der Waals surface area (Å²) in [6.07, 6.45) is 4.44. The molecule has 4 heteroatoms. The van der Waals surface area contributed by atoms with Crippen molar-refractivity contribution in [3.63, 3.8) is 0 Å². The van der Waals surface area contributed by atoms with Crippen LogP contribution in [0.25, 0.3) is 0 Å². The average molecular weight is 262 g/mol. The van der Waals surface area contributed by atoms with Gasteiger partial charge in [0.05, 0.1) is 6.04 Å². The lowest BCUT2D eigenvalue weighted by Crippen LogP contribution is -2.38. The zero-order chi connectivity index (χ0) is 13.4. The van der Waals surface area contributed by atoms with E-state index in [0.29, 0.717) is 6.04 Å². The third-order valence-electron chi connectivity index (χ3n) is 4.21. The largest absolute Gasteiger partial charge is 0.319 e. The van der Waals surface area contributed by atoms with E-state index < -0.39 is 0 Å². The fraction of sp³-hybridized carbons (Fsp3) is 0.533. The van der Waals surface area contributed by atoms with Gasteiger partial charge in [-0.2, -0.15) is 0 Å². The fourth-order valence-electron chi connectivity index (χ4n) is 3.21. The second-order valence-electron chi connectivity index (χ2n) is 5.53. The zero-order valence-corrected chi connectivity index (χ0v) is 11.1. The first kappa shape index (κ1) is 12.6. The third kappa shape index (κ3) is 2.25. The van der Waals surface area contributed by atoms with E-state index in [9.17, 15) is 9.18 Å². The molecule has 2 unspecified atom stereocenters. The molecule has 1 N–H and O–H groups in total. The van der Waals surface area contributed by atoms with Crippen molar-refractivity contribution < 1.29 is 9.18 Å². The number of amides is 1. The van der Waals surface area contributed by atoms with E-state index in [1.165, 1.54) is 25.0 Å². The van der Waals surface area contributed by atoms with Gasteiger partial charge in [0.1, 0.15) is 12.0 Å². The number of rotatable bonds is 2. The van der Waals surface area contributed by atoms with E-state index in [0.717, 1.165) is 18.4 Å². The minimum absolute atomic E-state index is 0.105. The molecular weight excluding hydrogens is 243 g/mol. The van der Waals surface area contributed by atoms with E-state index in [4.69, 9.17) is 0 Å². The summed E-state index contributed by atoms with van der Waals surface area (Å²) in [6.45, 7) is 1.90. The lowest BCUT2D eigenvalue weighted by molar-refractivity contribution is -0.132. The number of hydrogen-bond acceptors (Lipinski definition) is 2. The number of carbonyl (C=O) groups is 1. The summed E-state index contributed by atoms with van der Waals surface area (Å²) in [5, 5.41) is 3.32. The molecule has 1 aliphatic carbocycles. The second-order valence-corrected chi connectivity index (χ2v) is 5.53. The maximum atomic E-state index is 13.0. The Labute approximate surface area is 112 Å². The molecular formula is C15H19FN2O. The van der Waals surface area contributed by atoms with Crippen molar-refractivity contribution in [1.82, 2.24) is 10.2 Å². The highest BCUT2D eigenvalue weighted by Gasteiger charge is 2.41. The summed E-state index contributed by atoms with van der Waals surface area (Å²) in [6, 6.07) is 6.62. The van der Waals surface area contributed by atoms with E-state index in [-0.39, 0.29) is 23.9 Å². The van der Waals surface area contributed by atoms with Crippen LogP contribution in [-0.2, 0) is 4.79 Å². The van der Waals surface area contributed by atoms with Crippen molar-refractivity contribution >= 4 is 5.91 Å². The molecule has 19 heavy (non-hydrogen) atoms. The van der Waals surface area contributed by atoms with Gasteiger partial charge in [0.15, 0.2) is 0 Å². The molecule has 3 nitrogen and oxygen atoms in total. The second kappa shape index (κ2) is 4.93. The first-order valence-corrected chi connectivity index (χ1v) is 7.00. The van der Waals surface area contributed by atoms with Crippen LogP contribution in [-0.4, -0.2) is 22.9 Å². The highest BCUT2D eigenvalue weighted by Crippen LogP contribution is 2.34. The predicted molar refractivity (Wildman–Crippen MR) is 70.8 cm³/mol. The number of nitrogens with one attached hydrogen (secondary N) is 1. The monoisotopic (exact) mass is 262 g/mol. The van der Waals surface area contributed by atoms with Gasteiger partial charge in [0.2, 0.25) is 5.91 Å². The van der Waals surface area contributed by atoms with E-state index >= 15 is 0 Å². The van der Waals surface area contributed by atoms with Gasteiger partial charge in [-0.25, -0.2) is 4.39 Å². The predicted octanol–water partition coefficient (Wildman–Crippen LogP) is 2.59. The van der Waals surface area contributed by atoms with Crippen molar-refractivity contribution in [3.8, 4) is 0 Å². The number of halogens is 1.